The average molecular weight is 242 g/mol. The predicted octanol–water partition coefficient (Wildman–Crippen LogP) is 2.12. The summed E-state index contributed by atoms with van der Waals surface area (Å²) in [6.45, 7) is 13.3. The molecule has 0 aliphatic carbocycles. The first-order valence-corrected chi connectivity index (χ1v) is 7.27. The quantitative estimate of drug-likeness (QED) is 0.670. The van der Waals surface area contributed by atoms with Gasteiger partial charge in [0.15, 0.2) is 0 Å². The van der Waals surface area contributed by atoms with E-state index in [4.69, 9.17) is 4.74 Å². The molecule has 1 rings (SSSR count). The summed E-state index contributed by atoms with van der Waals surface area (Å²) in [5, 5.41) is 3.48. The van der Waals surface area contributed by atoms with Crippen molar-refractivity contribution in [3.8, 4) is 0 Å². The molecule has 1 N–H and O–H groups in total. The van der Waals surface area contributed by atoms with Crippen molar-refractivity contribution in [3.63, 3.8) is 0 Å². The number of nitrogens with one attached hydrogen (secondary N) is 1. The normalized spacial score (nSPS) is 19.1. The van der Waals surface area contributed by atoms with Gasteiger partial charge in [-0.2, -0.15) is 0 Å². The number of ether oxygens (including phenoxy) is 1. The van der Waals surface area contributed by atoms with Crippen molar-refractivity contribution in [1.82, 2.24) is 10.2 Å². The molecule has 0 aromatic heterocycles. The smallest absolute Gasteiger partial charge is 0.0697 e. The van der Waals surface area contributed by atoms with Crippen LogP contribution in [0.15, 0.2) is 0 Å². The Labute approximate surface area is 107 Å². The van der Waals surface area contributed by atoms with Gasteiger partial charge < -0.3 is 15.0 Å². The van der Waals surface area contributed by atoms with Gasteiger partial charge in [-0.1, -0.05) is 20.8 Å². The molecule has 0 aromatic rings. The number of nitrogens with zero attached hydrogens (tertiary/aromatic N) is 1. The summed E-state index contributed by atoms with van der Waals surface area (Å²) in [4.78, 5) is 2.51. The van der Waals surface area contributed by atoms with Gasteiger partial charge in [0, 0.05) is 13.1 Å². The van der Waals surface area contributed by atoms with Gasteiger partial charge in [-0.05, 0) is 44.8 Å². The molecule has 3 heteroatoms. The summed E-state index contributed by atoms with van der Waals surface area (Å²) >= 11 is 0. The second-order valence-corrected chi connectivity index (χ2v) is 5.50. The molecule has 0 bridgehead atoms. The highest BCUT2D eigenvalue weighted by Gasteiger charge is 2.12. The van der Waals surface area contributed by atoms with E-state index in [0.29, 0.717) is 6.10 Å². The highest BCUT2D eigenvalue weighted by Crippen LogP contribution is 2.07. The molecule has 1 fully saturated rings. The lowest BCUT2D eigenvalue weighted by Gasteiger charge is -2.20. The van der Waals surface area contributed by atoms with Gasteiger partial charge in [-0.3, -0.25) is 0 Å². The van der Waals surface area contributed by atoms with Gasteiger partial charge in [-0.15, -0.1) is 0 Å². The van der Waals surface area contributed by atoms with Crippen LogP contribution in [0.25, 0.3) is 0 Å². The Morgan fingerprint density at radius 2 is 1.88 bits per heavy atom. The summed E-state index contributed by atoms with van der Waals surface area (Å²) in [5.74, 6) is 0.720. The van der Waals surface area contributed by atoms with Crippen molar-refractivity contribution in [2.45, 2.75) is 46.1 Å². The fourth-order valence-electron chi connectivity index (χ4n) is 2.21. The average Bonchev–Trinajstić information content (AvgIpc) is 2.79. The van der Waals surface area contributed by atoms with Gasteiger partial charge >= 0.3 is 0 Å². The minimum absolute atomic E-state index is 0.386. The third-order valence-corrected chi connectivity index (χ3v) is 3.34. The summed E-state index contributed by atoms with van der Waals surface area (Å²) in [6.07, 6.45) is 4.22. The Morgan fingerprint density at radius 3 is 2.47 bits per heavy atom. The van der Waals surface area contributed by atoms with Crippen molar-refractivity contribution in [1.29, 1.82) is 0 Å². The lowest BCUT2D eigenvalue weighted by molar-refractivity contribution is 0.0385. The molecule has 0 spiro atoms. The Hall–Kier alpha value is -0.120. The first-order chi connectivity index (χ1) is 8.22. The van der Waals surface area contributed by atoms with E-state index >= 15 is 0 Å². The maximum absolute atomic E-state index is 5.93. The molecule has 3 nitrogen and oxygen atoms in total. The van der Waals surface area contributed by atoms with E-state index < -0.39 is 0 Å². The molecule has 1 saturated heterocycles. The van der Waals surface area contributed by atoms with E-state index in [1.54, 1.807) is 0 Å². The third-order valence-electron chi connectivity index (χ3n) is 3.34. The molecular formula is C14H30N2O. The number of rotatable bonds is 9. The minimum Gasteiger partial charge on any atom is -0.376 e. The fraction of sp³-hybridized carbons (Fsp3) is 1.00. The zero-order valence-electron chi connectivity index (χ0n) is 11.9. The van der Waals surface area contributed by atoms with Gasteiger partial charge in [0.25, 0.3) is 0 Å². The van der Waals surface area contributed by atoms with Crippen LogP contribution in [0.2, 0.25) is 0 Å². The molecule has 1 heterocycles. The van der Waals surface area contributed by atoms with Crippen LogP contribution in [0.4, 0.5) is 0 Å². The molecule has 0 radical (unpaired) electrons. The third kappa shape index (κ3) is 7.02. The van der Waals surface area contributed by atoms with Crippen LogP contribution in [0, 0.1) is 5.92 Å². The lowest BCUT2D eigenvalue weighted by atomic mass is 10.2. The van der Waals surface area contributed by atoms with Crippen molar-refractivity contribution < 1.29 is 4.74 Å². The van der Waals surface area contributed by atoms with E-state index in [1.165, 1.54) is 25.9 Å². The highest BCUT2D eigenvalue weighted by molar-refractivity contribution is 4.66. The van der Waals surface area contributed by atoms with E-state index in [-0.39, 0.29) is 0 Å². The second-order valence-electron chi connectivity index (χ2n) is 5.50. The van der Waals surface area contributed by atoms with Crippen LogP contribution in [0.1, 0.15) is 40.0 Å². The van der Waals surface area contributed by atoms with Crippen LogP contribution >= 0.6 is 0 Å². The van der Waals surface area contributed by atoms with Crippen LogP contribution in [0.5, 0.6) is 0 Å². The van der Waals surface area contributed by atoms with Gasteiger partial charge in [0.05, 0.1) is 12.7 Å². The fourth-order valence-corrected chi connectivity index (χ4v) is 2.21. The van der Waals surface area contributed by atoms with Crippen LogP contribution in [0.3, 0.4) is 0 Å². The topological polar surface area (TPSA) is 24.5 Å². The van der Waals surface area contributed by atoms with Crippen molar-refractivity contribution in [3.05, 3.63) is 0 Å². The molecule has 17 heavy (non-hydrogen) atoms. The monoisotopic (exact) mass is 242 g/mol. The molecule has 0 amide bonds. The minimum atomic E-state index is 0.386. The molecular weight excluding hydrogens is 212 g/mol. The first kappa shape index (κ1) is 14.9. The van der Waals surface area contributed by atoms with Crippen molar-refractivity contribution >= 4 is 0 Å². The number of hydrogen-bond donors (Lipinski definition) is 1. The zero-order chi connectivity index (χ0) is 12.5. The van der Waals surface area contributed by atoms with Gasteiger partial charge in [0.1, 0.15) is 0 Å². The standard InChI is InChI=1S/C14H30N2O/c1-4-14(12-15-11-13(2)3)17-10-9-16-7-5-6-8-16/h13-15H,4-12H2,1-3H3. The zero-order valence-corrected chi connectivity index (χ0v) is 11.9. The Kier molecular flexibility index (Phi) is 7.82. The Balaban J connectivity index is 2.01. The molecule has 102 valence electrons. The van der Waals surface area contributed by atoms with E-state index in [1.807, 2.05) is 0 Å². The first-order valence-electron chi connectivity index (χ1n) is 7.27. The van der Waals surface area contributed by atoms with Crippen LogP contribution in [-0.4, -0.2) is 50.3 Å². The molecule has 1 atom stereocenters. The van der Waals surface area contributed by atoms with Crippen molar-refractivity contribution in [2.75, 3.05) is 39.3 Å². The van der Waals surface area contributed by atoms with Crippen LogP contribution in [-0.2, 0) is 4.74 Å². The van der Waals surface area contributed by atoms with Crippen molar-refractivity contribution in [2.24, 2.45) is 5.92 Å². The maximum atomic E-state index is 5.93. The molecule has 1 unspecified atom stereocenters. The summed E-state index contributed by atoms with van der Waals surface area (Å²) in [5.41, 5.74) is 0. The number of likely N-dealkylation sites (tertiary alicyclic amines) is 1. The largest absolute Gasteiger partial charge is 0.376 e. The van der Waals surface area contributed by atoms with Gasteiger partial charge in [0.2, 0.25) is 0 Å². The summed E-state index contributed by atoms with van der Waals surface area (Å²) in [7, 11) is 0. The van der Waals surface area contributed by atoms with Gasteiger partial charge in [-0.25, -0.2) is 0 Å². The summed E-state index contributed by atoms with van der Waals surface area (Å²) in [6, 6.07) is 0. The highest BCUT2D eigenvalue weighted by atomic mass is 16.5. The maximum Gasteiger partial charge on any atom is 0.0697 e. The van der Waals surface area contributed by atoms with Crippen LogP contribution < -0.4 is 5.32 Å². The number of hydrogen-bond acceptors (Lipinski definition) is 3. The predicted molar refractivity (Wildman–Crippen MR) is 73.4 cm³/mol. The second kappa shape index (κ2) is 8.90. The lowest BCUT2D eigenvalue weighted by Crippen LogP contribution is -2.33. The molecule has 0 saturated carbocycles. The summed E-state index contributed by atoms with van der Waals surface area (Å²) < 4.78 is 5.93. The Bertz CT molecular complexity index is 179. The Morgan fingerprint density at radius 1 is 1.18 bits per heavy atom. The van der Waals surface area contributed by atoms with E-state index in [2.05, 4.69) is 31.0 Å². The van der Waals surface area contributed by atoms with E-state index in [0.717, 1.165) is 38.6 Å². The van der Waals surface area contributed by atoms with E-state index in [9.17, 15) is 0 Å². The SMILES string of the molecule is CCC(CNCC(C)C)OCCN1CCCC1. The molecule has 0 aromatic carbocycles. The molecule has 1 aliphatic heterocycles. The molecule has 1 aliphatic rings.